The number of hydrogen-bond acceptors (Lipinski definition) is 3. The molecule has 0 aliphatic carbocycles. The topological polar surface area (TPSA) is 66.2 Å². The molecule has 9 heavy (non-hydrogen) atoms. The number of carbonyl (C=O) groups is 1. The van der Waals surface area contributed by atoms with E-state index in [4.69, 9.17) is 5.73 Å². The normalized spacial score (nSPS) is 8.11. The number of unbranched alkanes of at least 4 members (excludes halogenated alkanes) is 1. The van der Waals surface area contributed by atoms with E-state index in [1.165, 1.54) is 0 Å². The number of nitrogens with two attached hydrogens (primary N) is 1. The number of carboxylic acid groups (broad SMARTS) is 1. The zero-order chi connectivity index (χ0) is 6.41. The van der Waals surface area contributed by atoms with E-state index in [-0.39, 0.29) is 36.0 Å². The molecule has 0 rings (SSSR count). The molecule has 48 valence electrons. The van der Waals surface area contributed by atoms with Crippen LogP contribution in [0.1, 0.15) is 19.3 Å². The van der Waals surface area contributed by atoms with Gasteiger partial charge in [-0.05, 0) is 25.8 Å². The Morgan fingerprint density at radius 3 is 2.33 bits per heavy atom. The maximum atomic E-state index is 9.72. The van der Waals surface area contributed by atoms with Gasteiger partial charge in [0.1, 0.15) is 0 Å². The molecule has 0 aromatic rings. The first-order valence-electron chi connectivity index (χ1n) is 2.67. The number of hydrogen-bond donors (Lipinski definition) is 1. The van der Waals surface area contributed by atoms with Crippen LogP contribution in [0.25, 0.3) is 0 Å². The first-order valence-corrected chi connectivity index (χ1v) is 2.67. The van der Waals surface area contributed by atoms with E-state index >= 15 is 0 Å². The van der Waals surface area contributed by atoms with E-state index in [0.717, 1.165) is 6.42 Å². The van der Waals surface area contributed by atoms with Gasteiger partial charge in [0, 0.05) is 5.97 Å². The second kappa shape index (κ2) is 8.43. The summed E-state index contributed by atoms with van der Waals surface area (Å²) >= 11 is 0. The quantitative estimate of drug-likeness (QED) is 0.318. The van der Waals surface area contributed by atoms with Crippen molar-refractivity contribution in [2.75, 3.05) is 6.54 Å². The van der Waals surface area contributed by atoms with Crippen LogP contribution in [0.4, 0.5) is 0 Å². The fourth-order valence-corrected chi connectivity index (χ4v) is 0.414. The van der Waals surface area contributed by atoms with E-state index < -0.39 is 5.97 Å². The molecular weight excluding hydrogens is 129 g/mol. The van der Waals surface area contributed by atoms with Crippen LogP contribution >= 0.6 is 0 Å². The van der Waals surface area contributed by atoms with Crippen LogP contribution in [-0.2, 0) is 4.79 Å². The maximum Gasteiger partial charge on any atom is 1.00 e. The van der Waals surface area contributed by atoms with Crippen molar-refractivity contribution in [3.05, 3.63) is 0 Å². The van der Waals surface area contributed by atoms with Crippen LogP contribution < -0.4 is 40.4 Å². The van der Waals surface area contributed by atoms with Gasteiger partial charge in [-0.15, -0.1) is 0 Å². The minimum Gasteiger partial charge on any atom is -0.550 e. The van der Waals surface area contributed by atoms with Crippen LogP contribution in [0.15, 0.2) is 0 Å². The van der Waals surface area contributed by atoms with Crippen molar-refractivity contribution in [3.8, 4) is 0 Å². The third-order valence-electron chi connectivity index (χ3n) is 0.835. The third-order valence-corrected chi connectivity index (χ3v) is 0.835. The summed E-state index contributed by atoms with van der Waals surface area (Å²) in [5.74, 6) is -0.988. The fraction of sp³-hybridized carbons (Fsp3) is 0.800. The zero-order valence-electron chi connectivity index (χ0n) is 5.72. The fourth-order valence-electron chi connectivity index (χ4n) is 0.414. The molecule has 0 fully saturated rings. The second-order valence-electron chi connectivity index (χ2n) is 1.62. The Labute approximate surface area is 76.9 Å². The average molecular weight is 139 g/mol. The Morgan fingerprint density at radius 2 is 2.00 bits per heavy atom. The molecule has 0 radical (unpaired) electrons. The molecule has 0 spiro atoms. The molecule has 0 aliphatic rings. The smallest absolute Gasteiger partial charge is 0.550 e. The van der Waals surface area contributed by atoms with Crippen molar-refractivity contribution in [3.63, 3.8) is 0 Å². The van der Waals surface area contributed by atoms with Gasteiger partial charge < -0.3 is 15.6 Å². The predicted molar refractivity (Wildman–Crippen MR) is 27.9 cm³/mol. The molecule has 0 saturated carbocycles. The zero-order valence-corrected chi connectivity index (χ0v) is 7.72. The number of carboxylic acids is 1. The summed E-state index contributed by atoms with van der Waals surface area (Å²) in [7, 11) is 0. The van der Waals surface area contributed by atoms with Crippen molar-refractivity contribution in [2.45, 2.75) is 19.3 Å². The minimum absolute atomic E-state index is 0. The minimum atomic E-state index is -0.988. The van der Waals surface area contributed by atoms with E-state index in [1.807, 2.05) is 0 Å². The molecule has 0 bridgehead atoms. The third kappa shape index (κ3) is 11.8. The largest absolute Gasteiger partial charge is 1.00 e. The Hall–Kier alpha value is 0.430. The van der Waals surface area contributed by atoms with Gasteiger partial charge in [-0.2, -0.15) is 0 Å². The molecule has 0 aromatic carbocycles. The van der Waals surface area contributed by atoms with Crippen LogP contribution in [-0.4, -0.2) is 12.5 Å². The molecule has 4 heteroatoms. The van der Waals surface area contributed by atoms with Gasteiger partial charge >= 0.3 is 29.6 Å². The number of carbonyl (C=O) groups excluding carboxylic acids is 1. The van der Waals surface area contributed by atoms with Gasteiger partial charge in [0.05, 0.1) is 0 Å². The molecule has 0 unspecified atom stereocenters. The van der Waals surface area contributed by atoms with Crippen molar-refractivity contribution in [1.82, 2.24) is 0 Å². The molecule has 0 heterocycles. The van der Waals surface area contributed by atoms with Crippen LogP contribution in [0.5, 0.6) is 0 Å². The Morgan fingerprint density at radius 1 is 1.44 bits per heavy atom. The molecule has 0 atom stereocenters. The number of aliphatic carboxylic acids is 1. The molecule has 0 aromatic heterocycles. The van der Waals surface area contributed by atoms with Crippen molar-refractivity contribution >= 4 is 5.97 Å². The summed E-state index contributed by atoms with van der Waals surface area (Å²) in [5.41, 5.74) is 5.10. The summed E-state index contributed by atoms with van der Waals surface area (Å²) in [6.45, 7) is 0.563. The van der Waals surface area contributed by atoms with E-state index in [9.17, 15) is 9.90 Å². The van der Waals surface area contributed by atoms with Crippen molar-refractivity contribution in [1.29, 1.82) is 0 Å². The van der Waals surface area contributed by atoms with E-state index in [2.05, 4.69) is 0 Å². The van der Waals surface area contributed by atoms with Gasteiger partial charge in [0.15, 0.2) is 0 Å². The van der Waals surface area contributed by atoms with Crippen molar-refractivity contribution in [2.24, 2.45) is 5.73 Å². The summed E-state index contributed by atoms with van der Waals surface area (Å²) in [5, 5.41) is 9.72. The SMILES string of the molecule is NCCCCC(=O)[O-].[Na+]. The summed E-state index contributed by atoms with van der Waals surface area (Å²) in [6, 6.07) is 0. The predicted octanol–water partition coefficient (Wildman–Crippen LogP) is -4.13. The van der Waals surface area contributed by atoms with Crippen LogP contribution in [0, 0.1) is 0 Å². The monoisotopic (exact) mass is 139 g/mol. The summed E-state index contributed by atoms with van der Waals surface area (Å²) < 4.78 is 0. The second-order valence-corrected chi connectivity index (χ2v) is 1.62. The molecular formula is C5H10NNaO2. The summed E-state index contributed by atoms with van der Waals surface area (Å²) in [4.78, 5) is 9.72. The molecule has 2 N–H and O–H groups in total. The Bertz CT molecular complexity index is 77.4. The molecule has 0 saturated heterocycles. The maximum absolute atomic E-state index is 9.72. The molecule has 0 aliphatic heterocycles. The van der Waals surface area contributed by atoms with Gasteiger partial charge in [0.2, 0.25) is 0 Å². The first-order chi connectivity index (χ1) is 3.77. The number of rotatable bonds is 4. The first kappa shape index (κ1) is 12.1. The van der Waals surface area contributed by atoms with Crippen LogP contribution in [0.2, 0.25) is 0 Å². The van der Waals surface area contributed by atoms with E-state index in [1.54, 1.807) is 0 Å². The average Bonchev–Trinajstić information content (AvgIpc) is 1.66. The van der Waals surface area contributed by atoms with Gasteiger partial charge in [-0.3, -0.25) is 0 Å². The summed E-state index contributed by atoms with van der Waals surface area (Å²) in [6.07, 6.45) is 1.55. The van der Waals surface area contributed by atoms with E-state index in [0.29, 0.717) is 13.0 Å². The molecule has 3 nitrogen and oxygen atoms in total. The van der Waals surface area contributed by atoms with Gasteiger partial charge in [-0.1, -0.05) is 0 Å². The Balaban J connectivity index is 0. The van der Waals surface area contributed by atoms with Crippen LogP contribution in [0.3, 0.4) is 0 Å². The van der Waals surface area contributed by atoms with Gasteiger partial charge in [-0.25, -0.2) is 0 Å². The van der Waals surface area contributed by atoms with Crippen molar-refractivity contribution < 1.29 is 39.5 Å². The Kier molecular flexibility index (Phi) is 11.4. The standard InChI is InChI=1S/C5H11NO2.Na/c6-4-2-1-3-5(7)8;/h1-4,6H2,(H,7,8);/q;+1/p-1. The van der Waals surface area contributed by atoms with Gasteiger partial charge in [0.25, 0.3) is 0 Å². The molecule has 0 amide bonds.